The Bertz CT molecular complexity index is 215. The maximum Gasteiger partial charge on any atom is 0.0235 e. The van der Waals surface area contributed by atoms with Gasteiger partial charge in [-0.15, -0.1) is 0 Å². The van der Waals surface area contributed by atoms with Crippen molar-refractivity contribution in [3.63, 3.8) is 0 Å². The van der Waals surface area contributed by atoms with Crippen molar-refractivity contribution in [1.82, 2.24) is 10.2 Å². The van der Waals surface area contributed by atoms with Crippen molar-refractivity contribution in [3.05, 3.63) is 0 Å². The summed E-state index contributed by atoms with van der Waals surface area (Å²) in [6, 6.07) is 1.74. The zero-order valence-corrected chi connectivity index (χ0v) is 9.91. The van der Waals surface area contributed by atoms with Crippen LogP contribution in [-0.4, -0.2) is 36.6 Å². The molecule has 0 bridgehead atoms. The SMILES string of the molecule is CC1CCCC1N1C[C@@H]2CCCN[C@@H]2C1. The molecule has 2 aliphatic heterocycles. The minimum Gasteiger partial charge on any atom is -0.312 e. The molecule has 1 N–H and O–H groups in total. The number of hydrogen-bond donors (Lipinski definition) is 1. The summed E-state index contributed by atoms with van der Waals surface area (Å²) in [7, 11) is 0. The van der Waals surface area contributed by atoms with E-state index in [0.717, 1.165) is 23.9 Å². The number of rotatable bonds is 1. The van der Waals surface area contributed by atoms with Gasteiger partial charge in [0.15, 0.2) is 0 Å². The van der Waals surface area contributed by atoms with Gasteiger partial charge in [-0.2, -0.15) is 0 Å². The van der Waals surface area contributed by atoms with Gasteiger partial charge in [0.25, 0.3) is 0 Å². The van der Waals surface area contributed by atoms with E-state index < -0.39 is 0 Å². The van der Waals surface area contributed by atoms with Gasteiger partial charge in [0.2, 0.25) is 0 Å². The molecule has 0 aromatic heterocycles. The van der Waals surface area contributed by atoms with Crippen molar-refractivity contribution in [2.75, 3.05) is 19.6 Å². The third-order valence-electron chi connectivity index (χ3n) is 4.91. The van der Waals surface area contributed by atoms with E-state index in [1.165, 1.54) is 51.7 Å². The molecular weight excluding hydrogens is 184 g/mol. The van der Waals surface area contributed by atoms with Crippen LogP contribution in [0.1, 0.15) is 39.0 Å². The van der Waals surface area contributed by atoms with E-state index >= 15 is 0 Å². The Morgan fingerprint density at radius 1 is 1.07 bits per heavy atom. The van der Waals surface area contributed by atoms with E-state index in [-0.39, 0.29) is 0 Å². The lowest BCUT2D eigenvalue weighted by Crippen LogP contribution is -2.41. The summed E-state index contributed by atoms with van der Waals surface area (Å²) in [6.07, 6.45) is 7.25. The Labute approximate surface area is 93.4 Å². The van der Waals surface area contributed by atoms with Crippen LogP contribution in [-0.2, 0) is 0 Å². The predicted molar refractivity (Wildman–Crippen MR) is 62.9 cm³/mol. The van der Waals surface area contributed by atoms with Crippen LogP contribution in [0.15, 0.2) is 0 Å². The molecule has 3 rings (SSSR count). The molecule has 86 valence electrons. The highest BCUT2D eigenvalue weighted by Crippen LogP contribution is 2.34. The standard InChI is InChI=1S/C13H24N2/c1-10-4-2-6-13(10)15-8-11-5-3-7-14-12(11)9-15/h10-14H,2-9H2,1H3/t10?,11-,12+,13?/m0/s1. The fourth-order valence-electron chi connectivity index (χ4n) is 4.02. The molecule has 0 spiro atoms. The van der Waals surface area contributed by atoms with Gasteiger partial charge in [-0.05, 0) is 44.1 Å². The molecular formula is C13H24N2. The van der Waals surface area contributed by atoms with Gasteiger partial charge in [-0.1, -0.05) is 13.3 Å². The molecule has 0 radical (unpaired) electrons. The maximum absolute atomic E-state index is 3.71. The molecule has 2 heteroatoms. The highest BCUT2D eigenvalue weighted by atomic mass is 15.2. The van der Waals surface area contributed by atoms with Crippen LogP contribution in [0.5, 0.6) is 0 Å². The minimum absolute atomic E-state index is 0.826. The van der Waals surface area contributed by atoms with Crippen LogP contribution in [0.25, 0.3) is 0 Å². The average molecular weight is 208 g/mol. The first kappa shape index (κ1) is 10.1. The predicted octanol–water partition coefficient (Wildman–Crippen LogP) is 1.86. The van der Waals surface area contributed by atoms with Gasteiger partial charge in [0, 0.05) is 25.2 Å². The van der Waals surface area contributed by atoms with Crippen LogP contribution < -0.4 is 5.32 Å². The maximum atomic E-state index is 3.71. The number of nitrogens with zero attached hydrogens (tertiary/aromatic N) is 1. The van der Waals surface area contributed by atoms with Crippen LogP contribution in [0, 0.1) is 11.8 Å². The number of piperidine rings is 1. The van der Waals surface area contributed by atoms with Gasteiger partial charge in [-0.3, -0.25) is 4.90 Å². The largest absolute Gasteiger partial charge is 0.312 e. The van der Waals surface area contributed by atoms with Crippen molar-refractivity contribution in [2.45, 2.75) is 51.1 Å². The number of fused-ring (bicyclic) bond motifs is 1. The molecule has 2 nitrogen and oxygen atoms in total. The molecule has 3 aliphatic rings. The second-order valence-corrected chi connectivity index (χ2v) is 5.89. The van der Waals surface area contributed by atoms with E-state index in [0.29, 0.717) is 0 Å². The summed E-state index contributed by atoms with van der Waals surface area (Å²) in [5.74, 6) is 1.91. The highest BCUT2D eigenvalue weighted by Gasteiger charge is 2.39. The zero-order valence-electron chi connectivity index (χ0n) is 9.91. The van der Waals surface area contributed by atoms with Gasteiger partial charge >= 0.3 is 0 Å². The van der Waals surface area contributed by atoms with Crippen molar-refractivity contribution in [2.24, 2.45) is 11.8 Å². The number of nitrogens with one attached hydrogen (secondary N) is 1. The summed E-state index contributed by atoms with van der Waals surface area (Å²) in [5.41, 5.74) is 0. The fraction of sp³-hybridized carbons (Fsp3) is 1.00. The Morgan fingerprint density at radius 3 is 2.73 bits per heavy atom. The quantitative estimate of drug-likeness (QED) is 0.707. The van der Waals surface area contributed by atoms with Crippen molar-refractivity contribution >= 4 is 0 Å². The highest BCUT2D eigenvalue weighted by molar-refractivity contribution is 4.96. The van der Waals surface area contributed by atoms with Gasteiger partial charge in [0.1, 0.15) is 0 Å². The lowest BCUT2D eigenvalue weighted by atomic mass is 9.94. The Kier molecular flexibility index (Phi) is 2.73. The minimum atomic E-state index is 0.826. The molecule has 0 amide bonds. The molecule has 15 heavy (non-hydrogen) atoms. The van der Waals surface area contributed by atoms with Gasteiger partial charge < -0.3 is 5.32 Å². The first-order chi connectivity index (χ1) is 7.34. The zero-order chi connectivity index (χ0) is 10.3. The van der Waals surface area contributed by atoms with Gasteiger partial charge in [0.05, 0.1) is 0 Å². The summed E-state index contributed by atoms with van der Waals surface area (Å²) in [5, 5.41) is 3.71. The average Bonchev–Trinajstić information content (AvgIpc) is 2.82. The first-order valence-electron chi connectivity index (χ1n) is 6.82. The van der Waals surface area contributed by atoms with Crippen molar-refractivity contribution < 1.29 is 0 Å². The molecule has 2 unspecified atom stereocenters. The third kappa shape index (κ3) is 1.83. The van der Waals surface area contributed by atoms with Crippen LogP contribution in [0.3, 0.4) is 0 Å². The van der Waals surface area contributed by atoms with E-state index in [2.05, 4.69) is 17.1 Å². The Hall–Kier alpha value is -0.0800. The van der Waals surface area contributed by atoms with Crippen LogP contribution in [0.2, 0.25) is 0 Å². The molecule has 2 heterocycles. The Morgan fingerprint density at radius 2 is 2.00 bits per heavy atom. The van der Waals surface area contributed by atoms with E-state index in [1.807, 2.05) is 0 Å². The third-order valence-corrected chi connectivity index (χ3v) is 4.91. The summed E-state index contributed by atoms with van der Waals surface area (Å²) in [6.45, 7) is 6.43. The second kappa shape index (κ2) is 4.06. The monoisotopic (exact) mass is 208 g/mol. The molecule has 0 aromatic carbocycles. The molecule has 1 saturated carbocycles. The summed E-state index contributed by atoms with van der Waals surface area (Å²) < 4.78 is 0. The van der Waals surface area contributed by atoms with E-state index in [1.54, 1.807) is 0 Å². The Balaban J connectivity index is 1.64. The van der Waals surface area contributed by atoms with E-state index in [9.17, 15) is 0 Å². The van der Waals surface area contributed by atoms with Crippen LogP contribution in [0.4, 0.5) is 0 Å². The fourth-order valence-corrected chi connectivity index (χ4v) is 4.02. The van der Waals surface area contributed by atoms with E-state index in [4.69, 9.17) is 0 Å². The summed E-state index contributed by atoms with van der Waals surface area (Å²) in [4.78, 5) is 2.80. The smallest absolute Gasteiger partial charge is 0.0235 e. The normalized spacial score (nSPS) is 47.0. The number of hydrogen-bond acceptors (Lipinski definition) is 2. The van der Waals surface area contributed by atoms with Crippen molar-refractivity contribution in [1.29, 1.82) is 0 Å². The first-order valence-corrected chi connectivity index (χ1v) is 6.82. The second-order valence-electron chi connectivity index (χ2n) is 5.89. The molecule has 3 fully saturated rings. The molecule has 2 saturated heterocycles. The lowest BCUT2D eigenvalue weighted by Gasteiger charge is -2.27. The lowest BCUT2D eigenvalue weighted by molar-refractivity contribution is 0.197. The van der Waals surface area contributed by atoms with Gasteiger partial charge in [-0.25, -0.2) is 0 Å². The molecule has 1 aliphatic carbocycles. The van der Waals surface area contributed by atoms with Crippen LogP contribution >= 0.6 is 0 Å². The molecule has 0 aromatic rings. The number of likely N-dealkylation sites (tertiary alicyclic amines) is 1. The molecule has 4 atom stereocenters. The topological polar surface area (TPSA) is 15.3 Å². The van der Waals surface area contributed by atoms with Crippen molar-refractivity contribution in [3.8, 4) is 0 Å². The summed E-state index contributed by atoms with van der Waals surface area (Å²) >= 11 is 0.